The Kier molecular flexibility index (Phi) is 30.7. The van der Waals surface area contributed by atoms with Crippen LogP contribution in [0.4, 0.5) is 0 Å². The Morgan fingerprint density at radius 3 is 1.12 bits per heavy atom. The quantitative estimate of drug-likeness (QED) is 0.0256. The molecule has 0 aliphatic heterocycles. The van der Waals surface area contributed by atoms with Crippen molar-refractivity contribution in [3.8, 4) is 0 Å². The summed E-state index contributed by atoms with van der Waals surface area (Å²) in [6.45, 7) is 30.8. The smallest absolute Gasteiger partial charge is 0.303 e. The number of aliphatic carboxylic acids is 3. The van der Waals surface area contributed by atoms with Gasteiger partial charge in [-0.2, -0.15) is 0 Å². The lowest BCUT2D eigenvalue weighted by molar-refractivity contribution is -0.209. The van der Waals surface area contributed by atoms with Gasteiger partial charge in [0.2, 0.25) is 17.7 Å². The van der Waals surface area contributed by atoms with E-state index in [1.165, 1.54) is 19.3 Å². The number of aliphatic hydroxyl groups is 4. The monoisotopic (exact) mass is 1690 g/mol. The molecule has 3 amide bonds. The standard InChI is InChI=1S/C102H171N3O16/c1-63(25-36-86(110)111)73-30-34-77-89-78(42-46-100(73,77)10)98(8)44-40-70(54-67(98)56-82(89)106)120-51-23-17-14-20-48-104-92(117)95(5)60-94(4,91(116)103-47-19-13-16-22-50-119-69-39-43-97(7)66(53-69)28-29-72-76-33-31-74(64(2)26-37-87(112)113)101(76,11)84(108)58-80(72)97)61-96(6,62-95)93(118)105-49-21-15-18-24-52-121-71-41-45-99(9)68(55-71)57-83(107)90-79-35-32-75(65(3)27-38-88(114)115)102(79,12)85(109)59-81(90)99/h63-85,89-90,106-109H,13-62H2,1-12H3,(H,103,116)(H,104,117)(H,105,118)(H,110,111)(H,112,113)(H,114,115)/t63-,64-,65-,66-,67+,68+,69+,70+,71+,72+,73-,74-,75-,76+,77+,78+,79+,80+,81?,82-,83-,84+,85+,89+,90+,94?,95?,96?,97+,98+,99+,100-,101-,102-/m1/s1. The van der Waals surface area contributed by atoms with Crippen molar-refractivity contribution in [1.82, 2.24) is 16.0 Å². The molecule has 0 radical (unpaired) electrons. The second kappa shape index (κ2) is 39.1. The number of fused-ring (bicyclic) bond motifs is 15. The molecular weight excluding hydrogens is 1520 g/mol. The number of nitrogens with one attached hydrogen (secondary N) is 3. The van der Waals surface area contributed by atoms with Crippen LogP contribution in [0.1, 0.15) is 366 Å². The number of carbonyl (C=O) groups is 6. The van der Waals surface area contributed by atoms with Gasteiger partial charge in [0.05, 0.1) is 42.7 Å². The van der Waals surface area contributed by atoms with E-state index in [2.05, 4.69) is 78.3 Å². The van der Waals surface area contributed by atoms with Gasteiger partial charge in [0.1, 0.15) is 0 Å². The second-order valence-corrected chi connectivity index (χ2v) is 46.8. The molecule has 0 bridgehead atoms. The van der Waals surface area contributed by atoms with E-state index in [9.17, 15) is 64.5 Å². The van der Waals surface area contributed by atoms with Gasteiger partial charge >= 0.3 is 17.9 Å². The zero-order chi connectivity index (χ0) is 87.0. The largest absolute Gasteiger partial charge is 0.481 e. The minimum atomic E-state index is -0.975. The first-order chi connectivity index (χ1) is 57.4. The molecule has 13 aliphatic carbocycles. The lowest BCUT2D eigenvalue weighted by Crippen LogP contribution is -2.62. The van der Waals surface area contributed by atoms with E-state index in [0.717, 1.165) is 212 Å². The van der Waals surface area contributed by atoms with Crippen molar-refractivity contribution in [3.63, 3.8) is 0 Å². The van der Waals surface area contributed by atoms with Crippen LogP contribution < -0.4 is 16.0 Å². The molecule has 0 saturated heterocycles. The molecule has 13 aliphatic rings. The van der Waals surface area contributed by atoms with Gasteiger partial charge in [-0.3, -0.25) is 28.8 Å². The van der Waals surface area contributed by atoms with E-state index in [1.807, 2.05) is 20.8 Å². The number of unbranched alkanes of at least 4 members (excludes halogenated alkanes) is 9. The molecule has 13 rings (SSSR count). The molecule has 4 unspecified atom stereocenters. The zero-order valence-corrected chi connectivity index (χ0v) is 77.6. The van der Waals surface area contributed by atoms with Crippen LogP contribution in [0.25, 0.3) is 0 Å². The lowest BCUT2D eigenvalue weighted by Gasteiger charge is -2.63. The summed E-state index contributed by atoms with van der Waals surface area (Å²) in [5, 5.41) is 86.7. The number of aliphatic hydroxyl groups excluding tert-OH is 4. The highest BCUT2D eigenvalue weighted by atomic mass is 16.5. The predicted octanol–water partition coefficient (Wildman–Crippen LogP) is 18.7. The van der Waals surface area contributed by atoms with Crippen molar-refractivity contribution < 1.29 is 78.7 Å². The summed E-state index contributed by atoms with van der Waals surface area (Å²) in [5.74, 6) is 4.47. The second-order valence-electron chi connectivity index (χ2n) is 46.8. The van der Waals surface area contributed by atoms with Crippen molar-refractivity contribution in [2.45, 2.75) is 408 Å². The maximum atomic E-state index is 14.8. The van der Waals surface area contributed by atoms with E-state index in [0.29, 0.717) is 148 Å². The molecule has 690 valence electrons. The van der Waals surface area contributed by atoms with Crippen LogP contribution >= 0.6 is 0 Å². The van der Waals surface area contributed by atoms with Crippen molar-refractivity contribution >= 4 is 35.6 Å². The van der Waals surface area contributed by atoms with Gasteiger partial charge in [0.15, 0.2) is 0 Å². The van der Waals surface area contributed by atoms with Crippen molar-refractivity contribution in [1.29, 1.82) is 0 Å². The molecule has 0 spiro atoms. The molecule has 0 heterocycles. The number of hydrogen-bond acceptors (Lipinski definition) is 13. The van der Waals surface area contributed by atoms with Crippen molar-refractivity contribution in [3.05, 3.63) is 0 Å². The summed E-state index contributed by atoms with van der Waals surface area (Å²) in [4.78, 5) is 78.9. The minimum absolute atomic E-state index is 0.0255. The summed E-state index contributed by atoms with van der Waals surface area (Å²) in [6, 6.07) is 0. The van der Waals surface area contributed by atoms with E-state index in [1.54, 1.807) is 0 Å². The Balaban J connectivity index is 0.543. The fraction of sp³-hybridized carbons (Fsp3) is 0.941. The first kappa shape index (κ1) is 95.1. The highest BCUT2D eigenvalue weighted by molar-refractivity contribution is 5.90. The number of rotatable bonds is 39. The van der Waals surface area contributed by atoms with Gasteiger partial charge in [0.25, 0.3) is 0 Å². The maximum Gasteiger partial charge on any atom is 0.303 e. The van der Waals surface area contributed by atoms with Gasteiger partial charge in [0, 0.05) is 75.0 Å². The van der Waals surface area contributed by atoms with Crippen molar-refractivity contribution in [2.75, 3.05) is 39.5 Å². The van der Waals surface area contributed by atoms with Gasteiger partial charge < -0.3 is 65.9 Å². The minimum Gasteiger partial charge on any atom is -0.481 e. The number of amides is 3. The van der Waals surface area contributed by atoms with Crippen LogP contribution in [0.3, 0.4) is 0 Å². The van der Waals surface area contributed by atoms with Crippen LogP contribution in [0.15, 0.2) is 0 Å². The Bertz CT molecular complexity index is 3510. The molecule has 0 aromatic rings. The molecule has 13 saturated carbocycles. The average molecular weight is 1700 g/mol. The molecule has 10 N–H and O–H groups in total. The number of carboxylic acid groups (broad SMARTS) is 3. The first-order valence-corrected chi connectivity index (χ1v) is 50.4. The Labute approximate surface area is 729 Å². The average Bonchev–Trinajstić information content (AvgIpc) is 1.65. The molecule has 0 aromatic heterocycles. The van der Waals surface area contributed by atoms with Crippen LogP contribution in [0.5, 0.6) is 0 Å². The van der Waals surface area contributed by atoms with Gasteiger partial charge in [-0.05, 0) is 364 Å². The van der Waals surface area contributed by atoms with Crippen LogP contribution in [-0.2, 0) is 43.0 Å². The predicted molar refractivity (Wildman–Crippen MR) is 471 cm³/mol. The Morgan fingerprint density at radius 1 is 0.339 bits per heavy atom. The van der Waals surface area contributed by atoms with E-state index < -0.39 is 46.4 Å². The van der Waals surface area contributed by atoms with Gasteiger partial charge in [-0.1, -0.05) is 122 Å². The van der Waals surface area contributed by atoms with Gasteiger partial charge in [-0.15, -0.1) is 0 Å². The SMILES string of the molecule is C[C@H](CCC(=O)O)[C@H]1CC[C@H]2[C@@H]3[C@H](O)C[C@@H]4C[C@@H](OCCCCCCNC(=O)C5(C)CC(C)(C(=O)NCCCCCCO[C@H]6CC[C@@]7(C)[C@H](CC[C@@H]8[C@@H]7C[C@H](O)[C@]7(C)[C@@H]([C@H](C)CCC(=O)O)CC[C@@H]87)C6)CC(C)(C(=O)NCCCCCCO[C@H]6CC[C@]7(C)C8C[C@H](O)[C@]9(C)[C@@H]([C@H](C)CCC(=O)O)CC[C@H]9[C@@H]8[C@H](O)C[C@@H]7C6)C5)CC[C@]4(C)[C@H]3CC[C@]12C. The highest BCUT2D eigenvalue weighted by Crippen LogP contribution is 2.73. The van der Waals surface area contributed by atoms with E-state index in [4.69, 9.17) is 14.2 Å². The molecule has 13 fully saturated rings. The molecular formula is C102H171N3O16. The van der Waals surface area contributed by atoms with Crippen molar-refractivity contribution in [2.24, 2.45) is 155 Å². The Morgan fingerprint density at radius 2 is 0.678 bits per heavy atom. The van der Waals surface area contributed by atoms with E-state index >= 15 is 0 Å². The summed E-state index contributed by atoms with van der Waals surface area (Å²) >= 11 is 0. The third-order valence-corrected chi connectivity index (χ3v) is 39.9. The fourth-order valence-electron chi connectivity index (χ4n) is 33.5. The number of ether oxygens (including phenoxy) is 3. The number of hydrogen-bond donors (Lipinski definition) is 10. The summed E-state index contributed by atoms with van der Waals surface area (Å²) in [5.41, 5.74) is -2.79. The van der Waals surface area contributed by atoms with E-state index in [-0.39, 0.29) is 130 Å². The van der Waals surface area contributed by atoms with Crippen LogP contribution in [-0.4, -0.2) is 154 Å². The molecule has 19 heteroatoms. The lowest BCUT2D eigenvalue weighted by atomic mass is 9.43. The summed E-state index contributed by atoms with van der Waals surface area (Å²) in [7, 11) is 0. The number of carboxylic acids is 3. The third kappa shape index (κ3) is 19.4. The van der Waals surface area contributed by atoms with Gasteiger partial charge in [-0.25, -0.2) is 0 Å². The number of carbonyl (C=O) groups excluding carboxylic acids is 3. The highest BCUT2D eigenvalue weighted by Gasteiger charge is 2.69. The Hall–Kier alpha value is -3.46. The van der Waals surface area contributed by atoms with Crippen LogP contribution in [0.2, 0.25) is 0 Å². The summed E-state index contributed by atoms with van der Waals surface area (Å²) < 4.78 is 20.0. The summed E-state index contributed by atoms with van der Waals surface area (Å²) in [6.07, 6.45) is 37.6. The zero-order valence-electron chi connectivity index (χ0n) is 77.6. The molecule has 19 nitrogen and oxygen atoms in total. The molecule has 121 heavy (non-hydrogen) atoms. The topological polar surface area (TPSA) is 308 Å². The molecule has 0 aromatic carbocycles. The van der Waals surface area contributed by atoms with Crippen LogP contribution in [0, 0.1) is 155 Å². The maximum absolute atomic E-state index is 14.8. The normalized spacial score (nSPS) is 44.7. The third-order valence-electron chi connectivity index (χ3n) is 39.9. The molecule has 34 atom stereocenters. The first-order valence-electron chi connectivity index (χ1n) is 50.4. The fourth-order valence-corrected chi connectivity index (χ4v) is 33.5.